The van der Waals surface area contributed by atoms with E-state index in [4.69, 9.17) is 33.2 Å². The van der Waals surface area contributed by atoms with Crippen molar-refractivity contribution in [1.29, 1.82) is 0 Å². The topological polar surface area (TPSA) is 366 Å². The summed E-state index contributed by atoms with van der Waals surface area (Å²) in [4.78, 5) is 24.1. The van der Waals surface area contributed by atoms with Crippen LogP contribution in [0.4, 0.5) is 0 Å². The molecule has 0 bridgehead atoms. The maximum Gasteiger partial charge on any atom is 0.217 e. The number of aliphatic hydroxyl groups excluding tert-OH is 12. The first-order valence-electron chi connectivity index (χ1n) is 16.1. The highest BCUT2D eigenvalue weighted by Crippen LogP contribution is 2.32. The summed E-state index contributed by atoms with van der Waals surface area (Å²) in [6, 6.07) is -3.01. The van der Waals surface area contributed by atoms with Gasteiger partial charge in [-0.25, -0.2) is 0 Å². The van der Waals surface area contributed by atoms with E-state index in [1.807, 2.05) is 0 Å². The zero-order chi connectivity index (χ0) is 37.9. The van der Waals surface area contributed by atoms with Gasteiger partial charge in [0.2, 0.25) is 11.8 Å². The van der Waals surface area contributed by atoms with Crippen LogP contribution in [-0.2, 0) is 42.7 Å². The molecule has 0 unspecified atom stereocenters. The lowest BCUT2D eigenvalue weighted by Gasteiger charge is -2.48. The zero-order valence-electron chi connectivity index (χ0n) is 27.4. The number of amides is 2. The van der Waals surface area contributed by atoms with Crippen LogP contribution in [0.5, 0.6) is 0 Å². The molecule has 4 fully saturated rings. The molecule has 4 aliphatic rings. The first kappa shape index (κ1) is 41.9. The summed E-state index contributed by atoms with van der Waals surface area (Å²) in [6.45, 7) is -0.987. The van der Waals surface area contributed by atoms with Gasteiger partial charge in [-0.3, -0.25) is 9.59 Å². The monoisotopic (exact) mass is 748 g/mol. The summed E-state index contributed by atoms with van der Waals surface area (Å²) in [6.07, 6.45) is -30.8. The van der Waals surface area contributed by atoms with Gasteiger partial charge in [-0.15, -0.1) is 0 Å². The van der Waals surface area contributed by atoms with Crippen molar-refractivity contribution < 1.29 is 104 Å². The third-order valence-corrected chi connectivity index (χ3v) is 8.99. The van der Waals surface area contributed by atoms with Gasteiger partial charge in [-0.2, -0.15) is 0 Å². The molecule has 23 heteroatoms. The van der Waals surface area contributed by atoms with Crippen LogP contribution in [0.1, 0.15) is 13.8 Å². The molecular formula is C28H48N2O21. The van der Waals surface area contributed by atoms with Gasteiger partial charge in [0, 0.05) is 13.8 Å². The molecule has 4 aliphatic heterocycles. The highest BCUT2D eigenvalue weighted by Gasteiger charge is 2.54. The van der Waals surface area contributed by atoms with Crippen molar-refractivity contribution in [2.75, 3.05) is 26.4 Å². The summed E-state index contributed by atoms with van der Waals surface area (Å²) >= 11 is 0. The summed E-state index contributed by atoms with van der Waals surface area (Å²) < 4.78 is 39.0. The van der Waals surface area contributed by atoms with E-state index in [1.54, 1.807) is 0 Å². The minimum atomic E-state index is -1.92. The normalized spacial score (nSPS) is 47.8. The predicted molar refractivity (Wildman–Crippen MR) is 157 cm³/mol. The first-order chi connectivity index (χ1) is 24.0. The van der Waals surface area contributed by atoms with Crippen LogP contribution in [0.2, 0.25) is 0 Å². The molecule has 51 heavy (non-hydrogen) atoms. The maximum atomic E-state index is 12.1. The molecule has 0 aromatic rings. The van der Waals surface area contributed by atoms with Gasteiger partial charge >= 0.3 is 0 Å². The van der Waals surface area contributed by atoms with Gasteiger partial charge in [-0.1, -0.05) is 0 Å². The highest BCUT2D eigenvalue weighted by molar-refractivity contribution is 5.73. The molecule has 0 aromatic carbocycles. The van der Waals surface area contributed by atoms with Crippen LogP contribution in [0.15, 0.2) is 0 Å². The van der Waals surface area contributed by atoms with Crippen molar-refractivity contribution in [2.45, 2.75) is 137 Å². The van der Waals surface area contributed by atoms with E-state index in [0.29, 0.717) is 0 Å². The molecule has 0 saturated carbocycles. The molecule has 2 amide bonds. The molecule has 4 heterocycles. The van der Waals surface area contributed by atoms with Crippen molar-refractivity contribution in [2.24, 2.45) is 0 Å². The predicted octanol–water partition coefficient (Wildman–Crippen LogP) is -9.46. The molecule has 4 rings (SSSR count). The lowest BCUT2D eigenvalue weighted by Crippen LogP contribution is -2.69. The van der Waals surface area contributed by atoms with E-state index in [9.17, 15) is 70.9 Å². The van der Waals surface area contributed by atoms with Gasteiger partial charge in [-0.05, 0) is 0 Å². The Balaban J connectivity index is 1.51. The van der Waals surface area contributed by atoms with Crippen molar-refractivity contribution in [3.63, 3.8) is 0 Å². The fraction of sp³-hybridized carbons (Fsp3) is 0.929. The van der Waals surface area contributed by atoms with Gasteiger partial charge in [0.05, 0.1) is 26.4 Å². The molecular weight excluding hydrogens is 700 g/mol. The smallest absolute Gasteiger partial charge is 0.217 e. The van der Waals surface area contributed by atoms with Crippen molar-refractivity contribution in [1.82, 2.24) is 10.6 Å². The summed E-state index contributed by atoms with van der Waals surface area (Å²) in [5.41, 5.74) is 0. The quantitative estimate of drug-likeness (QED) is 0.0881. The van der Waals surface area contributed by atoms with Crippen LogP contribution in [0.25, 0.3) is 0 Å². The summed E-state index contributed by atoms with van der Waals surface area (Å²) in [7, 11) is 0. The number of nitrogens with one attached hydrogen (secondary N) is 2. The molecule has 23 nitrogen and oxygen atoms in total. The van der Waals surface area contributed by atoms with Gasteiger partial charge in [0.1, 0.15) is 97.5 Å². The SMILES string of the molecule is CC(=O)N[C@@H]1[C@@H](O[C@@H]2O[C@H](CO)[C@H](O)[C@H](O)[C@H]2O)[C@H](O)[C@@H](CO[C@@H]2O[C@H](CO)[C@@H](O[C@@H]3O[C@H](CO)[C@H](O)[C@H](O)[C@H]3O)[C@H](O)[C@H]2NC(C)=O)O[C@H]1O. The highest BCUT2D eigenvalue weighted by atomic mass is 16.7. The zero-order valence-corrected chi connectivity index (χ0v) is 27.4. The standard InChI is InChI=1S/C28H48N2O21/c1-7(34)29-13-18(39)23(50-27-21(42)19(40)15(36)9(3-31)47-27)11(5-33)49-26(13)45-6-12-17(38)24(14(25(44)46-12)30-8(2)35)51-28-22(43)20(41)16(37)10(4-32)48-28/h9-28,31-33,36-44H,3-6H2,1-2H3,(H,29,34)(H,30,35)/t9-,10-,11-,12-,13-,14-,15+,16+,17-,18-,19+,20+,21-,22-,23-,24-,25-,26-,27+,28+/m1/s1. The Hall–Kier alpha value is -1.82. The molecule has 0 spiro atoms. The Morgan fingerprint density at radius 1 is 0.510 bits per heavy atom. The van der Waals surface area contributed by atoms with Crippen LogP contribution in [0, 0.1) is 0 Å². The van der Waals surface area contributed by atoms with Gasteiger partial charge in [0.15, 0.2) is 25.2 Å². The van der Waals surface area contributed by atoms with E-state index < -0.39 is 161 Å². The largest absolute Gasteiger partial charge is 0.394 e. The first-order valence-corrected chi connectivity index (χ1v) is 16.1. The molecule has 14 N–H and O–H groups in total. The Morgan fingerprint density at radius 2 is 0.961 bits per heavy atom. The molecule has 0 aromatic heterocycles. The minimum absolute atomic E-state index is 0.703. The number of hydrogen-bond acceptors (Lipinski definition) is 21. The van der Waals surface area contributed by atoms with Crippen molar-refractivity contribution >= 4 is 11.8 Å². The Kier molecular flexibility index (Phi) is 14.8. The fourth-order valence-corrected chi connectivity index (χ4v) is 6.25. The van der Waals surface area contributed by atoms with E-state index in [1.165, 1.54) is 0 Å². The van der Waals surface area contributed by atoms with Crippen molar-refractivity contribution in [3.05, 3.63) is 0 Å². The fourth-order valence-electron chi connectivity index (χ4n) is 6.25. The number of carbonyl (C=O) groups is 2. The van der Waals surface area contributed by atoms with E-state index in [2.05, 4.69) is 10.6 Å². The Morgan fingerprint density at radius 3 is 1.43 bits per heavy atom. The number of carbonyl (C=O) groups excluding carboxylic acids is 2. The Labute approximate surface area is 289 Å². The van der Waals surface area contributed by atoms with E-state index >= 15 is 0 Å². The molecule has 4 saturated heterocycles. The number of aliphatic hydroxyl groups is 12. The number of ether oxygens (including phenoxy) is 7. The van der Waals surface area contributed by atoms with Gasteiger partial charge in [0.25, 0.3) is 0 Å². The van der Waals surface area contributed by atoms with Crippen LogP contribution < -0.4 is 10.6 Å². The van der Waals surface area contributed by atoms with Crippen LogP contribution in [0.3, 0.4) is 0 Å². The summed E-state index contributed by atoms with van der Waals surface area (Å²) in [5.74, 6) is -1.41. The third-order valence-electron chi connectivity index (χ3n) is 8.99. The molecule has 20 atom stereocenters. The summed E-state index contributed by atoms with van der Waals surface area (Å²) in [5, 5.41) is 129. The van der Waals surface area contributed by atoms with Gasteiger partial charge < -0.3 is 105 Å². The Bertz CT molecular complexity index is 1140. The number of hydrogen-bond donors (Lipinski definition) is 14. The maximum absolute atomic E-state index is 12.1. The second kappa shape index (κ2) is 18.0. The second-order valence-electron chi connectivity index (χ2n) is 12.7. The van der Waals surface area contributed by atoms with Crippen LogP contribution >= 0.6 is 0 Å². The number of rotatable bonds is 12. The average molecular weight is 749 g/mol. The molecule has 296 valence electrons. The lowest BCUT2D eigenvalue weighted by molar-refractivity contribution is -0.356. The second-order valence-corrected chi connectivity index (χ2v) is 12.7. The van der Waals surface area contributed by atoms with Crippen LogP contribution in [-0.4, -0.2) is 222 Å². The molecule has 0 radical (unpaired) electrons. The minimum Gasteiger partial charge on any atom is -0.394 e. The average Bonchev–Trinajstić information content (AvgIpc) is 3.08. The lowest BCUT2D eigenvalue weighted by atomic mass is 9.94. The third kappa shape index (κ3) is 9.29. The van der Waals surface area contributed by atoms with Crippen molar-refractivity contribution in [3.8, 4) is 0 Å². The molecule has 0 aliphatic carbocycles. The van der Waals surface area contributed by atoms with E-state index in [-0.39, 0.29) is 0 Å². The van der Waals surface area contributed by atoms with E-state index in [0.717, 1.165) is 13.8 Å².